The fourth-order valence-corrected chi connectivity index (χ4v) is 1.33. The van der Waals surface area contributed by atoms with Crippen LogP contribution in [0.3, 0.4) is 0 Å². The third-order valence-corrected chi connectivity index (χ3v) is 2.37. The van der Waals surface area contributed by atoms with Crippen LogP contribution in [0, 0.1) is 0 Å². The molecule has 0 aliphatic rings. The van der Waals surface area contributed by atoms with Crippen LogP contribution in [-0.4, -0.2) is 24.0 Å². The average Bonchev–Trinajstić information content (AvgIpc) is 2.38. The van der Waals surface area contributed by atoms with Crippen molar-refractivity contribution in [2.45, 2.75) is 19.4 Å². The van der Waals surface area contributed by atoms with Crippen molar-refractivity contribution in [3.63, 3.8) is 0 Å². The number of hydrogen-bond acceptors (Lipinski definition) is 5. The van der Waals surface area contributed by atoms with Gasteiger partial charge in [-0.05, 0) is 13.8 Å². The molecule has 0 amide bonds. The van der Waals surface area contributed by atoms with Gasteiger partial charge in [-0.3, -0.25) is 9.63 Å². The zero-order chi connectivity index (χ0) is 12.9. The summed E-state index contributed by atoms with van der Waals surface area (Å²) >= 11 is 0. The van der Waals surface area contributed by atoms with Crippen LogP contribution >= 0.6 is 0 Å². The molecule has 0 heterocycles. The Morgan fingerprint density at radius 1 is 1.29 bits per heavy atom. The molecule has 17 heavy (non-hydrogen) atoms. The van der Waals surface area contributed by atoms with E-state index in [1.54, 1.807) is 37.3 Å². The fourth-order valence-electron chi connectivity index (χ4n) is 1.33. The van der Waals surface area contributed by atoms with Gasteiger partial charge in [0.1, 0.15) is 0 Å². The van der Waals surface area contributed by atoms with Crippen LogP contribution in [0.2, 0.25) is 0 Å². The first-order valence-electron chi connectivity index (χ1n) is 5.21. The lowest BCUT2D eigenvalue weighted by molar-refractivity contribution is -0.164. The van der Waals surface area contributed by atoms with Gasteiger partial charge in [-0.25, -0.2) is 10.7 Å². The average molecular weight is 237 g/mol. The van der Waals surface area contributed by atoms with Gasteiger partial charge in [0, 0.05) is 5.56 Å². The number of Topliss-reactive ketones (excluding diaryl/α,β-unsaturated/α-hetero) is 1. The molecular formula is C12H15NO4. The number of carbonyl (C=O) groups is 2. The van der Waals surface area contributed by atoms with Crippen molar-refractivity contribution in [1.82, 2.24) is 0 Å². The topological polar surface area (TPSA) is 78.6 Å². The minimum atomic E-state index is -1.81. The Bertz CT molecular complexity index is 404. The Hall–Kier alpha value is -1.72. The standard InChI is InChI=1S/C12H15NO4/c1-3-16-11(15)12(2,17-13)10(14)9-7-5-4-6-8-9/h4-8H,3,13H2,1-2H3. The monoisotopic (exact) mass is 237 g/mol. The van der Waals surface area contributed by atoms with Crippen LogP contribution in [0.4, 0.5) is 0 Å². The molecule has 0 bridgehead atoms. The highest BCUT2D eigenvalue weighted by Crippen LogP contribution is 2.18. The molecule has 1 unspecified atom stereocenters. The van der Waals surface area contributed by atoms with Gasteiger partial charge in [0.2, 0.25) is 11.4 Å². The summed E-state index contributed by atoms with van der Waals surface area (Å²) < 4.78 is 4.78. The zero-order valence-corrected chi connectivity index (χ0v) is 9.80. The second-order valence-electron chi connectivity index (χ2n) is 3.57. The maximum Gasteiger partial charge on any atom is 0.348 e. The van der Waals surface area contributed by atoms with Crippen LogP contribution in [0.15, 0.2) is 30.3 Å². The largest absolute Gasteiger partial charge is 0.463 e. The molecule has 1 atom stereocenters. The number of hydrogen-bond donors (Lipinski definition) is 1. The van der Waals surface area contributed by atoms with Crippen molar-refractivity contribution in [1.29, 1.82) is 0 Å². The van der Waals surface area contributed by atoms with E-state index in [0.29, 0.717) is 5.56 Å². The normalized spacial score (nSPS) is 13.8. The van der Waals surface area contributed by atoms with Crippen molar-refractivity contribution in [2.24, 2.45) is 5.90 Å². The Balaban J connectivity index is 3.02. The lowest BCUT2D eigenvalue weighted by Gasteiger charge is -2.23. The van der Waals surface area contributed by atoms with E-state index in [-0.39, 0.29) is 6.61 Å². The van der Waals surface area contributed by atoms with Crippen LogP contribution < -0.4 is 5.90 Å². The van der Waals surface area contributed by atoms with Crippen molar-refractivity contribution in [3.05, 3.63) is 35.9 Å². The number of nitrogens with two attached hydrogens (primary N) is 1. The Morgan fingerprint density at radius 3 is 2.35 bits per heavy atom. The van der Waals surface area contributed by atoms with E-state index < -0.39 is 17.4 Å². The molecular weight excluding hydrogens is 222 g/mol. The number of esters is 1. The molecule has 0 spiro atoms. The molecule has 92 valence electrons. The van der Waals surface area contributed by atoms with Crippen LogP contribution in [0.1, 0.15) is 24.2 Å². The summed E-state index contributed by atoms with van der Waals surface area (Å²) in [7, 11) is 0. The van der Waals surface area contributed by atoms with Crippen molar-refractivity contribution >= 4 is 11.8 Å². The minimum absolute atomic E-state index is 0.153. The Kier molecular flexibility index (Phi) is 4.37. The molecule has 1 aromatic rings. The number of carbonyl (C=O) groups excluding carboxylic acids is 2. The quantitative estimate of drug-likeness (QED) is 0.359. The minimum Gasteiger partial charge on any atom is -0.463 e. The summed E-state index contributed by atoms with van der Waals surface area (Å²) in [5.74, 6) is 3.73. The number of rotatable bonds is 5. The van der Waals surface area contributed by atoms with Crippen LogP contribution in [0.25, 0.3) is 0 Å². The highest BCUT2D eigenvalue weighted by Gasteiger charge is 2.44. The summed E-state index contributed by atoms with van der Waals surface area (Å²) in [5.41, 5.74) is -1.47. The SMILES string of the molecule is CCOC(=O)C(C)(ON)C(=O)c1ccccc1. The van der Waals surface area contributed by atoms with Crippen molar-refractivity contribution in [2.75, 3.05) is 6.61 Å². The van der Waals surface area contributed by atoms with Gasteiger partial charge in [0.15, 0.2) is 0 Å². The summed E-state index contributed by atoms with van der Waals surface area (Å²) in [5, 5.41) is 0. The molecule has 2 N–H and O–H groups in total. The van der Waals surface area contributed by atoms with Gasteiger partial charge in [0.05, 0.1) is 6.61 Å². The molecule has 1 rings (SSSR count). The van der Waals surface area contributed by atoms with E-state index in [1.165, 1.54) is 6.92 Å². The summed E-state index contributed by atoms with van der Waals surface area (Å²) in [6.45, 7) is 3.09. The molecule has 0 saturated heterocycles. The van der Waals surface area contributed by atoms with Gasteiger partial charge in [-0.15, -0.1) is 0 Å². The zero-order valence-electron chi connectivity index (χ0n) is 9.80. The molecule has 0 aliphatic heterocycles. The predicted octanol–water partition coefficient (Wildman–Crippen LogP) is 1.08. The van der Waals surface area contributed by atoms with E-state index in [0.717, 1.165) is 0 Å². The highest BCUT2D eigenvalue weighted by molar-refractivity contribution is 6.15. The summed E-state index contributed by atoms with van der Waals surface area (Å²) in [6, 6.07) is 8.31. The smallest absolute Gasteiger partial charge is 0.348 e. The van der Waals surface area contributed by atoms with E-state index in [2.05, 4.69) is 4.84 Å². The first-order chi connectivity index (χ1) is 8.06. The van der Waals surface area contributed by atoms with E-state index >= 15 is 0 Å². The molecule has 5 nitrogen and oxygen atoms in total. The first-order valence-corrected chi connectivity index (χ1v) is 5.21. The summed E-state index contributed by atoms with van der Waals surface area (Å²) in [6.07, 6.45) is 0. The number of benzene rings is 1. The third kappa shape index (κ3) is 2.69. The number of ether oxygens (including phenoxy) is 1. The maximum atomic E-state index is 12.1. The fraction of sp³-hybridized carbons (Fsp3) is 0.333. The molecule has 0 fully saturated rings. The molecule has 0 radical (unpaired) electrons. The Morgan fingerprint density at radius 2 is 1.88 bits per heavy atom. The van der Waals surface area contributed by atoms with E-state index in [4.69, 9.17) is 10.6 Å². The molecule has 5 heteroatoms. The first kappa shape index (κ1) is 13.3. The lowest BCUT2D eigenvalue weighted by atomic mass is 9.95. The summed E-state index contributed by atoms with van der Waals surface area (Å²) in [4.78, 5) is 28.3. The third-order valence-electron chi connectivity index (χ3n) is 2.37. The predicted molar refractivity (Wildman–Crippen MR) is 61.1 cm³/mol. The Labute approximate surface area is 99.5 Å². The van der Waals surface area contributed by atoms with E-state index in [1.807, 2.05) is 0 Å². The number of ketones is 1. The second-order valence-corrected chi connectivity index (χ2v) is 3.57. The van der Waals surface area contributed by atoms with Crippen LogP contribution in [-0.2, 0) is 14.4 Å². The van der Waals surface area contributed by atoms with Gasteiger partial charge >= 0.3 is 5.97 Å². The van der Waals surface area contributed by atoms with Crippen molar-refractivity contribution in [3.8, 4) is 0 Å². The van der Waals surface area contributed by atoms with Gasteiger partial charge < -0.3 is 4.74 Å². The highest BCUT2D eigenvalue weighted by atomic mass is 16.7. The van der Waals surface area contributed by atoms with E-state index in [9.17, 15) is 9.59 Å². The molecule has 0 aromatic heterocycles. The van der Waals surface area contributed by atoms with Crippen LogP contribution in [0.5, 0.6) is 0 Å². The van der Waals surface area contributed by atoms with Gasteiger partial charge in [-0.2, -0.15) is 0 Å². The second kappa shape index (κ2) is 5.56. The molecule has 0 saturated carbocycles. The van der Waals surface area contributed by atoms with Gasteiger partial charge in [0.25, 0.3) is 0 Å². The molecule has 0 aliphatic carbocycles. The molecule has 1 aromatic carbocycles. The van der Waals surface area contributed by atoms with Crippen molar-refractivity contribution < 1.29 is 19.2 Å². The maximum absolute atomic E-state index is 12.1. The van der Waals surface area contributed by atoms with Gasteiger partial charge in [-0.1, -0.05) is 30.3 Å². The lowest BCUT2D eigenvalue weighted by Crippen LogP contribution is -2.49.